The molecule has 8 heteroatoms. The molecule has 0 aromatic carbocycles. The zero-order valence-corrected chi connectivity index (χ0v) is 4.76. The maximum Gasteiger partial charge on any atom is 0.480 e. The van der Waals surface area contributed by atoms with Gasteiger partial charge in [-0.3, -0.25) is 5.84 Å². The van der Waals surface area contributed by atoms with Gasteiger partial charge in [0.05, 0.1) is 0 Å². The van der Waals surface area contributed by atoms with Gasteiger partial charge < -0.3 is 15.8 Å². The zero-order valence-electron chi connectivity index (χ0n) is 4.76. The third-order valence-corrected chi connectivity index (χ3v) is 0.793. The number of nitro groups is 1. The Kier molecular flexibility index (Phi) is 1.14. The van der Waals surface area contributed by atoms with Gasteiger partial charge in [0.1, 0.15) is 0 Å². The monoisotopic (exact) mass is 144 g/mol. The van der Waals surface area contributed by atoms with E-state index in [-0.39, 0.29) is 5.95 Å². The first-order valence-corrected chi connectivity index (χ1v) is 2.23. The minimum absolute atomic E-state index is 0.214. The fourth-order valence-electron chi connectivity index (χ4n) is 0.456. The van der Waals surface area contributed by atoms with E-state index in [2.05, 4.69) is 10.1 Å². The average Bonchev–Trinajstić information content (AvgIpc) is 2.10. The van der Waals surface area contributed by atoms with E-state index in [1.165, 1.54) is 0 Å². The minimum Gasteiger partial charge on any atom is -0.390 e. The van der Waals surface area contributed by atoms with Gasteiger partial charge in [0.15, 0.2) is 0 Å². The second-order valence-corrected chi connectivity index (χ2v) is 1.47. The summed E-state index contributed by atoms with van der Waals surface area (Å²) < 4.78 is 0. The molecule has 8 nitrogen and oxygen atoms in total. The van der Waals surface area contributed by atoms with Crippen molar-refractivity contribution in [2.24, 2.45) is 0 Å². The summed E-state index contributed by atoms with van der Waals surface area (Å²) in [5.41, 5.74) is 4.99. The number of nitrogen functional groups attached to an aromatic ring is 2. The Morgan fingerprint density at radius 3 is 2.50 bits per heavy atom. The molecule has 0 aliphatic rings. The fraction of sp³-hybridized carbons (Fsp3) is 0. The number of nitrogens with two attached hydrogens (primary N) is 2. The lowest BCUT2D eigenvalue weighted by molar-refractivity contribution is -0.396. The quantitative estimate of drug-likeness (QED) is 0.280. The molecule has 0 saturated carbocycles. The molecule has 0 radical (unpaired) electrons. The molecule has 0 bridgehead atoms. The van der Waals surface area contributed by atoms with Crippen molar-refractivity contribution in [1.29, 1.82) is 0 Å². The number of aromatic nitrogens is 3. The van der Waals surface area contributed by atoms with E-state index in [1.54, 1.807) is 0 Å². The largest absolute Gasteiger partial charge is 0.480 e. The van der Waals surface area contributed by atoms with Crippen LogP contribution in [0.4, 0.5) is 11.9 Å². The van der Waals surface area contributed by atoms with Crippen LogP contribution in [0.25, 0.3) is 0 Å². The van der Waals surface area contributed by atoms with Crippen LogP contribution < -0.4 is 11.6 Å². The molecule has 10 heavy (non-hydrogen) atoms. The minimum atomic E-state index is -0.774. The standard InChI is InChI=1S/C2H4N6O2/c3-1-5-2(8(9)10)7(4)6-1/h4H2,(H2,3,6). The van der Waals surface area contributed by atoms with Crippen LogP contribution in [0.15, 0.2) is 0 Å². The van der Waals surface area contributed by atoms with Gasteiger partial charge in [-0.2, -0.15) is 0 Å². The Hall–Kier alpha value is -1.86. The smallest absolute Gasteiger partial charge is 0.390 e. The fourth-order valence-corrected chi connectivity index (χ4v) is 0.456. The lowest BCUT2D eigenvalue weighted by Crippen LogP contribution is -2.13. The molecule has 0 spiro atoms. The highest BCUT2D eigenvalue weighted by Gasteiger charge is 2.16. The summed E-state index contributed by atoms with van der Waals surface area (Å²) in [6.07, 6.45) is 0. The number of nitrogens with zero attached hydrogens (tertiary/aromatic N) is 4. The number of hydrogen-bond acceptors (Lipinski definition) is 6. The van der Waals surface area contributed by atoms with Crippen molar-refractivity contribution in [2.75, 3.05) is 11.6 Å². The normalized spacial score (nSPS) is 9.60. The summed E-state index contributed by atoms with van der Waals surface area (Å²) >= 11 is 0. The van der Waals surface area contributed by atoms with E-state index in [4.69, 9.17) is 11.6 Å². The molecular weight excluding hydrogens is 140 g/mol. The van der Waals surface area contributed by atoms with Gasteiger partial charge in [-0.25, -0.2) is 0 Å². The zero-order chi connectivity index (χ0) is 7.72. The third kappa shape index (κ3) is 0.811. The third-order valence-electron chi connectivity index (χ3n) is 0.793. The van der Waals surface area contributed by atoms with Gasteiger partial charge in [0.2, 0.25) is 0 Å². The lowest BCUT2D eigenvalue weighted by Gasteiger charge is -1.87. The predicted molar refractivity (Wildman–Crippen MR) is 31.2 cm³/mol. The summed E-state index contributed by atoms with van der Waals surface area (Å²) in [5.74, 6) is 4.18. The number of anilines is 1. The highest BCUT2D eigenvalue weighted by molar-refractivity contribution is 5.20. The SMILES string of the molecule is Nc1nc([N+](=O)[O-])n(N)n1. The molecule has 0 atom stereocenters. The Balaban J connectivity index is 3.15. The van der Waals surface area contributed by atoms with Crippen molar-refractivity contribution in [3.05, 3.63) is 10.1 Å². The molecule has 4 N–H and O–H groups in total. The Labute approximate surface area is 54.6 Å². The molecule has 1 aromatic heterocycles. The first-order valence-electron chi connectivity index (χ1n) is 2.23. The highest BCUT2D eigenvalue weighted by atomic mass is 16.6. The van der Waals surface area contributed by atoms with Crippen molar-refractivity contribution < 1.29 is 4.92 Å². The van der Waals surface area contributed by atoms with Gasteiger partial charge in [0.25, 0.3) is 0 Å². The summed E-state index contributed by atoms with van der Waals surface area (Å²) in [4.78, 5) is 12.9. The maximum atomic E-state index is 9.98. The Morgan fingerprint density at radius 2 is 2.30 bits per heavy atom. The van der Waals surface area contributed by atoms with Crippen LogP contribution >= 0.6 is 0 Å². The van der Waals surface area contributed by atoms with Gasteiger partial charge >= 0.3 is 11.9 Å². The van der Waals surface area contributed by atoms with Crippen molar-refractivity contribution >= 4 is 11.9 Å². The lowest BCUT2D eigenvalue weighted by atomic mass is 11.0. The van der Waals surface area contributed by atoms with Crippen LogP contribution in [-0.2, 0) is 0 Å². The Bertz CT molecular complexity index is 265. The van der Waals surface area contributed by atoms with E-state index in [0.717, 1.165) is 0 Å². The maximum absolute atomic E-state index is 9.98. The van der Waals surface area contributed by atoms with Crippen LogP contribution in [-0.4, -0.2) is 19.8 Å². The predicted octanol–water partition coefficient (Wildman–Crippen LogP) is -1.52. The van der Waals surface area contributed by atoms with Gasteiger partial charge in [-0.15, -0.1) is 0 Å². The summed E-state index contributed by atoms with van der Waals surface area (Å²) in [7, 11) is 0. The highest BCUT2D eigenvalue weighted by Crippen LogP contribution is 2.03. The molecule has 1 aromatic rings. The van der Waals surface area contributed by atoms with Gasteiger partial charge in [-0.05, 0) is 19.8 Å². The van der Waals surface area contributed by atoms with Gasteiger partial charge in [-0.1, -0.05) is 0 Å². The van der Waals surface area contributed by atoms with Crippen molar-refractivity contribution in [2.45, 2.75) is 0 Å². The second kappa shape index (κ2) is 1.83. The van der Waals surface area contributed by atoms with Crippen LogP contribution in [0.2, 0.25) is 0 Å². The van der Waals surface area contributed by atoms with Gasteiger partial charge in [0, 0.05) is 0 Å². The second-order valence-electron chi connectivity index (χ2n) is 1.47. The molecule has 1 rings (SSSR count). The molecule has 0 amide bonds. The molecule has 0 saturated heterocycles. The first-order chi connectivity index (χ1) is 4.61. The van der Waals surface area contributed by atoms with E-state index in [1.807, 2.05) is 0 Å². The van der Waals surface area contributed by atoms with E-state index in [9.17, 15) is 10.1 Å². The Morgan fingerprint density at radius 1 is 1.70 bits per heavy atom. The molecule has 0 aliphatic carbocycles. The molecule has 0 fully saturated rings. The number of hydrogen-bond donors (Lipinski definition) is 2. The average molecular weight is 144 g/mol. The summed E-state index contributed by atoms with van der Waals surface area (Å²) in [6.45, 7) is 0. The summed E-state index contributed by atoms with van der Waals surface area (Å²) in [5, 5.41) is 13.2. The molecular formula is C2H4N6O2. The van der Waals surface area contributed by atoms with E-state index >= 15 is 0 Å². The van der Waals surface area contributed by atoms with Crippen LogP contribution in [0, 0.1) is 10.1 Å². The van der Waals surface area contributed by atoms with Crippen LogP contribution in [0.3, 0.4) is 0 Å². The van der Waals surface area contributed by atoms with Crippen molar-refractivity contribution in [3.63, 3.8) is 0 Å². The van der Waals surface area contributed by atoms with Crippen LogP contribution in [0.5, 0.6) is 0 Å². The van der Waals surface area contributed by atoms with E-state index in [0.29, 0.717) is 4.79 Å². The molecule has 0 aliphatic heterocycles. The number of rotatable bonds is 1. The first kappa shape index (κ1) is 6.26. The van der Waals surface area contributed by atoms with E-state index < -0.39 is 10.9 Å². The van der Waals surface area contributed by atoms with Crippen molar-refractivity contribution in [1.82, 2.24) is 14.9 Å². The molecule has 54 valence electrons. The topological polar surface area (TPSA) is 126 Å². The van der Waals surface area contributed by atoms with Crippen molar-refractivity contribution in [3.8, 4) is 0 Å². The molecule has 1 heterocycles. The summed E-state index contributed by atoms with van der Waals surface area (Å²) in [6, 6.07) is 0. The van der Waals surface area contributed by atoms with Crippen LogP contribution in [0.1, 0.15) is 0 Å². The molecule has 0 unspecified atom stereocenters.